The monoisotopic (exact) mass is 283 g/mol. The van der Waals surface area contributed by atoms with Gasteiger partial charge in [-0.3, -0.25) is 4.90 Å². The van der Waals surface area contributed by atoms with Gasteiger partial charge in [-0.25, -0.2) is 0 Å². The molecule has 0 aromatic heterocycles. The van der Waals surface area contributed by atoms with Crippen LogP contribution in [0.4, 0.5) is 0 Å². The lowest BCUT2D eigenvalue weighted by Gasteiger charge is -2.44. The van der Waals surface area contributed by atoms with Gasteiger partial charge >= 0.3 is 0 Å². The highest BCUT2D eigenvalue weighted by Gasteiger charge is 2.31. The van der Waals surface area contributed by atoms with E-state index in [1.165, 1.54) is 64.2 Å². The predicted octanol–water partition coefficient (Wildman–Crippen LogP) is 5.02. The summed E-state index contributed by atoms with van der Waals surface area (Å²) in [6, 6.07) is 0. The molecule has 1 heterocycles. The molecule has 1 aliphatic rings. The molecule has 1 aliphatic heterocycles. The van der Waals surface area contributed by atoms with Gasteiger partial charge < -0.3 is 4.74 Å². The van der Waals surface area contributed by atoms with E-state index in [1.54, 1.807) is 0 Å². The van der Waals surface area contributed by atoms with Gasteiger partial charge in [0, 0.05) is 18.6 Å². The van der Waals surface area contributed by atoms with Crippen LogP contribution in [0.3, 0.4) is 0 Å². The smallest absolute Gasteiger partial charge is 0.0594 e. The number of hydrogen-bond acceptors (Lipinski definition) is 2. The lowest BCUT2D eigenvalue weighted by Crippen LogP contribution is -2.51. The Morgan fingerprint density at radius 2 is 1.30 bits per heavy atom. The molecule has 1 rings (SSSR count). The Morgan fingerprint density at radius 1 is 0.800 bits per heavy atom. The van der Waals surface area contributed by atoms with E-state index in [0.29, 0.717) is 5.54 Å². The lowest BCUT2D eigenvalue weighted by molar-refractivity contribution is -0.0243. The first-order valence-electron chi connectivity index (χ1n) is 9.05. The Labute approximate surface area is 127 Å². The van der Waals surface area contributed by atoms with Crippen molar-refractivity contribution in [2.24, 2.45) is 0 Å². The summed E-state index contributed by atoms with van der Waals surface area (Å²) in [4.78, 5) is 2.72. The minimum atomic E-state index is 0.422. The summed E-state index contributed by atoms with van der Waals surface area (Å²) in [7, 11) is 0. The van der Waals surface area contributed by atoms with Crippen LogP contribution in [0, 0.1) is 0 Å². The summed E-state index contributed by atoms with van der Waals surface area (Å²) in [5, 5.41) is 0. The maximum Gasteiger partial charge on any atom is 0.0594 e. The average Bonchev–Trinajstić information content (AvgIpc) is 2.49. The molecule has 120 valence electrons. The van der Waals surface area contributed by atoms with Gasteiger partial charge in [0.15, 0.2) is 0 Å². The third kappa shape index (κ3) is 6.58. The second kappa shape index (κ2) is 10.6. The highest BCUT2D eigenvalue weighted by molar-refractivity contribution is 4.87. The third-order valence-electron chi connectivity index (χ3n) is 4.91. The van der Waals surface area contributed by atoms with Crippen LogP contribution in [0.5, 0.6) is 0 Å². The fraction of sp³-hybridized carbons (Fsp3) is 1.00. The molecular weight excluding hydrogens is 246 g/mol. The molecule has 1 saturated heterocycles. The van der Waals surface area contributed by atoms with E-state index in [0.717, 1.165) is 26.3 Å². The molecule has 0 aliphatic carbocycles. The number of unbranched alkanes of at least 4 members (excludes halogenated alkanes) is 6. The maximum atomic E-state index is 5.54. The van der Waals surface area contributed by atoms with Gasteiger partial charge in [-0.2, -0.15) is 0 Å². The molecule has 0 amide bonds. The standard InChI is InChI=1S/C18H37NO/c1-4-6-8-10-12-18(3,13-11-9-7-5-2)19-14-16-20-17-15-19/h4-17H2,1-3H3. The summed E-state index contributed by atoms with van der Waals surface area (Å²) in [5.74, 6) is 0. The number of rotatable bonds is 11. The van der Waals surface area contributed by atoms with Crippen molar-refractivity contribution in [3.05, 3.63) is 0 Å². The quantitative estimate of drug-likeness (QED) is 0.494. The second-order valence-electron chi connectivity index (χ2n) is 6.72. The molecule has 0 aromatic rings. The van der Waals surface area contributed by atoms with Crippen LogP contribution in [0.1, 0.15) is 85.0 Å². The summed E-state index contributed by atoms with van der Waals surface area (Å²) < 4.78 is 5.54. The number of hydrogen-bond donors (Lipinski definition) is 0. The first-order chi connectivity index (χ1) is 9.73. The Hall–Kier alpha value is -0.0800. The van der Waals surface area contributed by atoms with Crippen molar-refractivity contribution in [1.29, 1.82) is 0 Å². The van der Waals surface area contributed by atoms with Gasteiger partial charge in [0.1, 0.15) is 0 Å². The van der Waals surface area contributed by atoms with E-state index in [1.807, 2.05) is 0 Å². The van der Waals surface area contributed by atoms with Gasteiger partial charge in [-0.15, -0.1) is 0 Å². The highest BCUT2D eigenvalue weighted by Crippen LogP contribution is 2.29. The summed E-state index contributed by atoms with van der Waals surface area (Å²) in [6.45, 7) is 11.2. The zero-order chi connectivity index (χ0) is 14.7. The van der Waals surface area contributed by atoms with E-state index in [2.05, 4.69) is 25.7 Å². The van der Waals surface area contributed by atoms with Gasteiger partial charge in [-0.1, -0.05) is 65.2 Å². The minimum absolute atomic E-state index is 0.422. The molecule has 20 heavy (non-hydrogen) atoms. The summed E-state index contributed by atoms with van der Waals surface area (Å²) in [6.07, 6.45) is 13.8. The molecule has 2 nitrogen and oxygen atoms in total. The fourth-order valence-corrected chi connectivity index (χ4v) is 3.41. The highest BCUT2D eigenvalue weighted by atomic mass is 16.5. The van der Waals surface area contributed by atoms with Gasteiger partial charge in [0.25, 0.3) is 0 Å². The van der Waals surface area contributed by atoms with E-state index in [4.69, 9.17) is 4.74 Å². The van der Waals surface area contributed by atoms with Crippen molar-refractivity contribution in [1.82, 2.24) is 4.90 Å². The molecule has 0 spiro atoms. The van der Waals surface area contributed by atoms with Crippen LogP contribution in [0.15, 0.2) is 0 Å². The van der Waals surface area contributed by atoms with Crippen LogP contribution >= 0.6 is 0 Å². The van der Waals surface area contributed by atoms with Crippen molar-refractivity contribution < 1.29 is 4.74 Å². The largest absolute Gasteiger partial charge is 0.379 e. The van der Waals surface area contributed by atoms with Crippen LogP contribution in [0.2, 0.25) is 0 Å². The topological polar surface area (TPSA) is 12.5 Å². The Kier molecular flexibility index (Phi) is 9.54. The number of morpholine rings is 1. The third-order valence-corrected chi connectivity index (χ3v) is 4.91. The molecule has 0 unspecified atom stereocenters. The molecule has 0 aromatic carbocycles. The van der Waals surface area contributed by atoms with Crippen molar-refractivity contribution >= 4 is 0 Å². The maximum absolute atomic E-state index is 5.54. The van der Waals surface area contributed by atoms with Crippen LogP contribution < -0.4 is 0 Å². The van der Waals surface area contributed by atoms with E-state index >= 15 is 0 Å². The molecular formula is C18H37NO. The zero-order valence-electron chi connectivity index (χ0n) is 14.3. The van der Waals surface area contributed by atoms with Crippen LogP contribution in [-0.2, 0) is 4.74 Å². The summed E-state index contributed by atoms with van der Waals surface area (Å²) in [5.41, 5.74) is 0.422. The molecule has 0 N–H and O–H groups in total. The van der Waals surface area contributed by atoms with Crippen molar-refractivity contribution in [3.63, 3.8) is 0 Å². The van der Waals surface area contributed by atoms with Gasteiger partial charge in [0.2, 0.25) is 0 Å². The first-order valence-corrected chi connectivity index (χ1v) is 9.05. The van der Waals surface area contributed by atoms with Crippen LogP contribution in [0.25, 0.3) is 0 Å². The molecule has 0 bridgehead atoms. The Morgan fingerprint density at radius 3 is 1.75 bits per heavy atom. The van der Waals surface area contributed by atoms with Crippen LogP contribution in [-0.4, -0.2) is 36.7 Å². The minimum Gasteiger partial charge on any atom is -0.379 e. The number of nitrogens with zero attached hydrogens (tertiary/aromatic N) is 1. The normalized spacial score (nSPS) is 17.6. The molecule has 0 atom stereocenters. The lowest BCUT2D eigenvalue weighted by atomic mass is 9.86. The molecule has 2 heteroatoms. The Bertz CT molecular complexity index is 211. The first kappa shape index (κ1) is 18.0. The second-order valence-corrected chi connectivity index (χ2v) is 6.72. The number of ether oxygens (including phenoxy) is 1. The molecule has 1 fully saturated rings. The molecule has 0 radical (unpaired) electrons. The van der Waals surface area contributed by atoms with Crippen molar-refractivity contribution in [3.8, 4) is 0 Å². The zero-order valence-corrected chi connectivity index (χ0v) is 14.3. The average molecular weight is 284 g/mol. The van der Waals surface area contributed by atoms with E-state index in [9.17, 15) is 0 Å². The predicted molar refractivity (Wildman–Crippen MR) is 88.3 cm³/mol. The Balaban J connectivity index is 2.42. The summed E-state index contributed by atoms with van der Waals surface area (Å²) >= 11 is 0. The van der Waals surface area contributed by atoms with Gasteiger partial charge in [0.05, 0.1) is 13.2 Å². The SMILES string of the molecule is CCCCCCC(C)(CCCCCC)N1CCOCC1. The fourth-order valence-electron chi connectivity index (χ4n) is 3.41. The van der Waals surface area contributed by atoms with Crippen molar-refractivity contribution in [2.45, 2.75) is 90.5 Å². The molecule has 0 saturated carbocycles. The van der Waals surface area contributed by atoms with E-state index in [-0.39, 0.29) is 0 Å². The van der Waals surface area contributed by atoms with Crippen molar-refractivity contribution in [2.75, 3.05) is 26.3 Å². The van der Waals surface area contributed by atoms with Gasteiger partial charge in [-0.05, 0) is 19.8 Å². The van der Waals surface area contributed by atoms with E-state index < -0.39 is 0 Å².